The molecule has 0 saturated heterocycles. The van der Waals surface area contributed by atoms with Crippen molar-refractivity contribution in [1.82, 2.24) is 24.0 Å². The van der Waals surface area contributed by atoms with Gasteiger partial charge in [0.1, 0.15) is 5.69 Å². The van der Waals surface area contributed by atoms with Crippen molar-refractivity contribution in [2.24, 2.45) is 0 Å². The van der Waals surface area contributed by atoms with E-state index in [0.29, 0.717) is 18.2 Å². The highest BCUT2D eigenvalue weighted by Gasteiger charge is 2.20. The molecule has 1 N–H and O–H groups in total. The van der Waals surface area contributed by atoms with E-state index in [1.54, 1.807) is 12.3 Å². The Kier molecular flexibility index (Phi) is 6.45. The Labute approximate surface area is 190 Å². The van der Waals surface area contributed by atoms with Gasteiger partial charge < -0.3 is 14.0 Å². The molecule has 0 bridgehead atoms. The fraction of sp³-hybridized carbons (Fsp3) is 0.261. The number of nitrogens with zero attached hydrogens (tertiary/aromatic N) is 6. The minimum Gasteiger partial charge on any atom is -0.309 e. The second kappa shape index (κ2) is 9.61. The SMILES string of the molecule is CCN(CC)CCn1c(NC(=O)c2ccc(-n3ccnc3)c([N+](=O)[O-])c2)nc2ccccc21. The molecule has 1 amide bonds. The number of nitrogens with one attached hydrogen (secondary N) is 1. The number of nitro benzene ring substituents is 1. The van der Waals surface area contributed by atoms with Crippen LogP contribution in [-0.2, 0) is 6.54 Å². The molecule has 0 atom stereocenters. The average Bonchev–Trinajstić information content (AvgIpc) is 3.47. The van der Waals surface area contributed by atoms with Crippen LogP contribution in [0.4, 0.5) is 11.6 Å². The van der Waals surface area contributed by atoms with E-state index in [2.05, 4.69) is 34.0 Å². The van der Waals surface area contributed by atoms with Gasteiger partial charge in [-0.05, 0) is 37.4 Å². The van der Waals surface area contributed by atoms with Crippen LogP contribution in [-0.4, -0.2) is 54.5 Å². The molecule has 0 aliphatic heterocycles. The number of likely N-dealkylation sites (N-methyl/N-ethyl adjacent to an activating group) is 1. The number of carbonyl (C=O) groups is 1. The van der Waals surface area contributed by atoms with Crippen LogP contribution >= 0.6 is 0 Å². The van der Waals surface area contributed by atoms with E-state index >= 15 is 0 Å². The van der Waals surface area contributed by atoms with Gasteiger partial charge in [-0.2, -0.15) is 0 Å². The van der Waals surface area contributed by atoms with Gasteiger partial charge in [-0.1, -0.05) is 26.0 Å². The molecule has 170 valence electrons. The van der Waals surface area contributed by atoms with Gasteiger partial charge in [0.05, 0.1) is 22.3 Å². The first-order valence-electron chi connectivity index (χ1n) is 10.8. The van der Waals surface area contributed by atoms with Gasteiger partial charge in [-0.25, -0.2) is 9.97 Å². The summed E-state index contributed by atoms with van der Waals surface area (Å²) in [4.78, 5) is 35.0. The summed E-state index contributed by atoms with van der Waals surface area (Å²) < 4.78 is 3.51. The van der Waals surface area contributed by atoms with Crippen LogP contribution in [0.15, 0.2) is 61.2 Å². The lowest BCUT2D eigenvalue weighted by atomic mass is 10.1. The van der Waals surface area contributed by atoms with E-state index in [1.165, 1.54) is 29.2 Å². The second-order valence-electron chi connectivity index (χ2n) is 7.49. The third-order valence-corrected chi connectivity index (χ3v) is 5.63. The maximum atomic E-state index is 13.0. The zero-order chi connectivity index (χ0) is 23.4. The van der Waals surface area contributed by atoms with Gasteiger partial charge in [0, 0.05) is 37.1 Å². The van der Waals surface area contributed by atoms with Gasteiger partial charge in [-0.3, -0.25) is 20.2 Å². The smallest absolute Gasteiger partial charge is 0.294 e. The number of hydrogen-bond donors (Lipinski definition) is 1. The number of benzene rings is 2. The Morgan fingerprint density at radius 2 is 1.97 bits per heavy atom. The van der Waals surface area contributed by atoms with Crippen LogP contribution in [0.5, 0.6) is 0 Å². The maximum absolute atomic E-state index is 13.0. The van der Waals surface area contributed by atoms with Crippen molar-refractivity contribution in [3.63, 3.8) is 0 Å². The zero-order valence-corrected chi connectivity index (χ0v) is 18.5. The van der Waals surface area contributed by atoms with Crippen molar-refractivity contribution >= 4 is 28.6 Å². The first kappa shape index (κ1) is 22.2. The third-order valence-electron chi connectivity index (χ3n) is 5.63. The highest BCUT2D eigenvalue weighted by Crippen LogP contribution is 2.25. The number of nitro groups is 1. The predicted molar refractivity (Wildman–Crippen MR) is 126 cm³/mol. The normalized spacial score (nSPS) is 11.2. The molecule has 4 aromatic rings. The minimum atomic E-state index is -0.508. The second-order valence-corrected chi connectivity index (χ2v) is 7.49. The first-order valence-corrected chi connectivity index (χ1v) is 10.8. The molecule has 4 rings (SSSR count). The molecule has 2 aromatic carbocycles. The van der Waals surface area contributed by atoms with Crippen molar-refractivity contribution in [2.45, 2.75) is 20.4 Å². The van der Waals surface area contributed by atoms with Gasteiger partial charge >= 0.3 is 0 Å². The molecule has 0 fully saturated rings. The molecule has 2 aromatic heterocycles. The monoisotopic (exact) mass is 447 g/mol. The van der Waals surface area contributed by atoms with Gasteiger partial charge in [0.25, 0.3) is 11.6 Å². The van der Waals surface area contributed by atoms with Crippen LogP contribution in [0.2, 0.25) is 0 Å². The summed E-state index contributed by atoms with van der Waals surface area (Å²) in [5.41, 5.74) is 2.01. The first-order chi connectivity index (χ1) is 16.0. The summed E-state index contributed by atoms with van der Waals surface area (Å²) in [5.74, 6) is -0.0515. The fourth-order valence-corrected chi connectivity index (χ4v) is 3.78. The molecular weight excluding hydrogens is 422 g/mol. The molecule has 33 heavy (non-hydrogen) atoms. The molecule has 0 aliphatic rings. The van der Waals surface area contributed by atoms with Crippen molar-refractivity contribution < 1.29 is 9.72 Å². The lowest BCUT2D eigenvalue weighted by molar-refractivity contribution is -0.384. The van der Waals surface area contributed by atoms with E-state index in [9.17, 15) is 14.9 Å². The van der Waals surface area contributed by atoms with Crippen LogP contribution < -0.4 is 5.32 Å². The van der Waals surface area contributed by atoms with Crippen molar-refractivity contribution in [3.8, 4) is 5.69 Å². The summed E-state index contributed by atoms with van der Waals surface area (Å²) in [7, 11) is 0. The summed E-state index contributed by atoms with van der Waals surface area (Å²) in [6.45, 7) is 7.53. The van der Waals surface area contributed by atoms with Gasteiger partial charge in [0.2, 0.25) is 5.95 Å². The molecule has 0 aliphatic carbocycles. The van der Waals surface area contributed by atoms with Crippen molar-refractivity contribution in [3.05, 3.63) is 76.9 Å². The number of imidazole rings is 2. The Balaban J connectivity index is 1.64. The Morgan fingerprint density at radius 3 is 2.67 bits per heavy atom. The number of para-hydroxylation sites is 2. The molecule has 0 saturated carbocycles. The Bertz CT molecular complexity index is 1280. The van der Waals surface area contributed by atoms with E-state index in [-0.39, 0.29) is 11.3 Å². The summed E-state index contributed by atoms with van der Waals surface area (Å²) in [6, 6.07) is 12.1. The van der Waals surface area contributed by atoms with Crippen LogP contribution in [0.25, 0.3) is 16.7 Å². The molecule has 10 nitrogen and oxygen atoms in total. The van der Waals surface area contributed by atoms with E-state index in [0.717, 1.165) is 30.7 Å². The molecule has 0 unspecified atom stereocenters. The highest BCUT2D eigenvalue weighted by atomic mass is 16.6. The maximum Gasteiger partial charge on any atom is 0.294 e. The zero-order valence-electron chi connectivity index (χ0n) is 18.5. The lowest BCUT2D eigenvalue weighted by Crippen LogP contribution is -2.27. The number of fused-ring (bicyclic) bond motifs is 1. The van der Waals surface area contributed by atoms with Gasteiger partial charge in [0.15, 0.2) is 0 Å². The number of amides is 1. The molecular formula is C23H25N7O3. The number of anilines is 1. The van der Waals surface area contributed by atoms with E-state index in [1.807, 2.05) is 28.8 Å². The summed E-state index contributed by atoms with van der Waals surface area (Å²) in [5, 5.41) is 14.5. The van der Waals surface area contributed by atoms with E-state index < -0.39 is 10.8 Å². The van der Waals surface area contributed by atoms with Gasteiger partial charge in [-0.15, -0.1) is 0 Å². The molecule has 2 heterocycles. The lowest BCUT2D eigenvalue weighted by Gasteiger charge is -2.19. The number of hydrogen-bond acceptors (Lipinski definition) is 6. The number of aromatic nitrogens is 4. The van der Waals surface area contributed by atoms with Crippen LogP contribution in [0, 0.1) is 10.1 Å². The van der Waals surface area contributed by atoms with Crippen LogP contribution in [0.3, 0.4) is 0 Å². The average molecular weight is 447 g/mol. The molecule has 10 heteroatoms. The highest BCUT2D eigenvalue weighted by molar-refractivity contribution is 6.04. The third kappa shape index (κ3) is 4.60. The quantitative estimate of drug-likeness (QED) is 0.309. The Hall–Kier alpha value is -4.05. The molecule has 0 radical (unpaired) electrons. The van der Waals surface area contributed by atoms with Crippen molar-refractivity contribution in [1.29, 1.82) is 0 Å². The topological polar surface area (TPSA) is 111 Å². The fourth-order valence-electron chi connectivity index (χ4n) is 3.78. The number of rotatable bonds is 9. The molecule has 0 spiro atoms. The van der Waals surface area contributed by atoms with Crippen molar-refractivity contribution in [2.75, 3.05) is 25.0 Å². The minimum absolute atomic E-state index is 0.174. The number of carbonyl (C=O) groups excluding carboxylic acids is 1. The largest absolute Gasteiger partial charge is 0.309 e. The Morgan fingerprint density at radius 1 is 1.18 bits per heavy atom. The predicted octanol–water partition coefficient (Wildman–Crippen LogP) is 3.72. The standard InChI is InChI=1S/C23H25N7O3/c1-3-27(4-2)13-14-29-19-8-6-5-7-18(19)25-23(29)26-22(31)17-9-10-20(21(15-17)30(32)33)28-12-11-24-16-28/h5-12,15-16H,3-4,13-14H2,1-2H3,(H,25,26,31). The summed E-state index contributed by atoms with van der Waals surface area (Å²) in [6.07, 6.45) is 4.62. The summed E-state index contributed by atoms with van der Waals surface area (Å²) >= 11 is 0. The van der Waals surface area contributed by atoms with Crippen LogP contribution in [0.1, 0.15) is 24.2 Å². The van der Waals surface area contributed by atoms with E-state index in [4.69, 9.17) is 0 Å².